The normalized spacial score (nSPS) is 10.8. The molecule has 0 saturated heterocycles. The molecule has 0 amide bonds. The third-order valence-corrected chi connectivity index (χ3v) is 4.85. The van der Waals surface area contributed by atoms with Crippen molar-refractivity contribution in [1.29, 1.82) is 0 Å². The first kappa shape index (κ1) is 17.6. The van der Waals surface area contributed by atoms with Gasteiger partial charge < -0.3 is 10.5 Å². The van der Waals surface area contributed by atoms with E-state index in [0.717, 1.165) is 23.1 Å². The number of rotatable bonds is 8. The Hall–Kier alpha value is -2.18. The standard InChI is InChI=1S/C18H19ClN4OS/c19-15-7-9-16(10-8-15)24-12-4-11-23-17(20)21-22-18(23)25-13-14-5-2-1-3-6-14/h1-3,5-10H,4,11-13H2,(H2,20,21). The quantitative estimate of drug-likeness (QED) is 0.471. The summed E-state index contributed by atoms with van der Waals surface area (Å²) in [6.45, 7) is 1.30. The van der Waals surface area contributed by atoms with E-state index in [9.17, 15) is 0 Å². The van der Waals surface area contributed by atoms with E-state index in [1.165, 1.54) is 5.56 Å². The first-order valence-electron chi connectivity index (χ1n) is 7.96. The molecule has 0 fully saturated rings. The summed E-state index contributed by atoms with van der Waals surface area (Å²) in [5, 5.41) is 9.69. The van der Waals surface area contributed by atoms with Crippen molar-refractivity contribution in [3.05, 3.63) is 65.2 Å². The number of hydrogen-bond donors (Lipinski definition) is 1. The van der Waals surface area contributed by atoms with E-state index < -0.39 is 0 Å². The van der Waals surface area contributed by atoms with Crippen molar-refractivity contribution >= 4 is 29.3 Å². The van der Waals surface area contributed by atoms with Gasteiger partial charge in [-0.1, -0.05) is 53.7 Å². The molecule has 0 radical (unpaired) electrons. The highest BCUT2D eigenvalue weighted by molar-refractivity contribution is 7.98. The molecule has 0 atom stereocenters. The Kier molecular flexibility index (Phi) is 6.19. The van der Waals surface area contributed by atoms with E-state index in [1.54, 1.807) is 11.8 Å². The number of nitrogens with zero attached hydrogens (tertiary/aromatic N) is 3. The third kappa shape index (κ3) is 5.14. The lowest BCUT2D eigenvalue weighted by Crippen LogP contribution is -2.08. The van der Waals surface area contributed by atoms with Crippen LogP contribution < -0.4 is 10.5 Å². The van der Waals surface area contributed by atoms with Gasteiger partial charge in [0.1, 0.15) is 5.75 Å². The minimum Gasteiger partial charge on any atom is -0.494 e. The molecule has 0 spiro atoms. The van der Waals surface area contributed by atoms with Gasteiger partial charge in [0.2, 0.25) is 5.95 Å². The predicted octanol–water partition coefficient (Wildman–Crippen LogP) is 4.28. The highest BCUT2D eigenvalue weighted by Gasteiger charge is 2.10. The average Bonchev–Trinajstić information content (AvgIpc) is 2.99. The third-order valence-electron chi connectivity index (χ3n) is 3.56. The fourth-order valence-electron chi connectivity index (χ4n) is 2.28. The van der Waals surface area contributed by atoms with Crippen LogP contribution in [0.1, 0.15) is 12.0 Å². The predicted molar refractivity (Wildman–Crippen MR) is 102 cm³/mol. The molecule has 7 heteroatoms. The smallest absolute Gasteiger partial charge is 0.222 e. The van der Waals surface area contributed by atoms with Crippen LogP contribution in [0.25, 0.3) is 0 Å². The lowest BCUT2D eigenvalue weighted by molar-refractivity contribution is 0.300. The number of nitrogen functional groups attached to an aromatic ring is 1. The molecule has 1 heterocycles. The molecule has 2 N–H and O–H groups in total. The molecular weight excluding hydrogens is 356 g/mol. The zero-order valence-electron chi connectivity index (χ0n) is 13.6. The van der Waals surface area contributed by atoms with Gasteiger partial charge in [-0.15, -0.1) is 10.2 Å². The average molecular weight is 375 g/mol. The Morgan fingerprint density at radius 3 is 2.56 bits per heavy atom. The summed E-state index contributed by atoms with van der Waals surface area (Å²) in [6, 6.07) is 17.6. The van der Waals surface area contributed by atoms with Crippen LogP contribution in [0.5, 0.6) is 5.75 Å². The second kappa shape index (κ2) is 8.78. The number of hydrogen-bond acceptors (Lipinski definition) is 5. The van der Waals surface area contributed by atoms with E-state index in [-0.39, 0.29) is 0 Å². The first-order chi connectivity index (χ1) is 12.2. The Balaban J connectivity index is 1.50. The van der Waals surface area contributed by atoms with Gasteiger partial charge in [-0.3, -0.25) is 4.57 Å². The summed E-state index contributed by atoms with van der Waals surface area (Å²) in [5.41, 5.74) is 7.18. The van der Waals surface area contributed by atoms with Gasteiger partial charge in [-0.05, 0) is 36.2 Å². The Bertz CT molecular complexity index is 793. The van der Waals surface area contributed by atoms with E-state index in [0.29, 0.717) is 24.1 Å². The molecule has 3 rings (SSSR count). The largest absolute Gasteiger partial charge is 0.494 e. The zero-order chi connectivity index (χ0) is 17.5. The van der Waals surface area contributed by atoms with Crippen LogP contribution >= 0.6 is 23.4 Å². The van der Waals surface area contributed by atoms with Gasteiger partial charge in [0.15, 0.2) is 5.16 Å². The number of benzene rings is 2. The molecule has 0 aliphatic heterocycles. The van der Waals surface area contributed by atoms with Crippen LogP contribution in [0.3, 0.4) is 0 Å². The molecular formula is C18H19ClN4OS. The zero-order valence-corrected chi connectivity index (χ0v) is 15.2. The molecule has 0 saturated carbocycles. The van der Waals surface area contributed by atoms with Crippen LogP contribution in [0.2, 0.25) is 5.02 Å². The van der Waals surface area contributed by atoms with Crippen molar-refractivity contribution in [3.63, 3.8) is 0 Å². The number of nitrogens with two attached hydrogens (primary N) is 1. The summed E-state index contributed by atoms with van der Waals surface area (Å²) in [5.74, 6) is 2.07. The van der Waals surface area contributed by atoms with Crippen LogP contribution in [0, 0.1) is 0 Å². The van der Waals surface area contributed by atoms with Gasteiger partial charge in [0, 0.05) is 17.3 Å². The fraction of sp³-hybridized carbons (Fsp3) is 0.222. The second-order valence-corrected chi connectivity index (χ2v) is 6.80. The van der Waals surface area contributed by atoms with Crippen molar-refractivity contribution in [2.24, 2.45) is 0 Å². The molecule has 25 heavy (non-hydrogen) atoms. The molecule has 0 aliphatic rings. The first-order valence-corrected chi connectivity index (χ1v) is 9.32. The minimum absolute atomic E-state index is 0.432. The highest BCUT2D eigenvalue weighted by atomic mass is 35.5. The van der Waals surface area contributed by atoms with Gasteiger partial charge in [0.05, 0.1) is 6.61 Å². The van der Waals surface area contributed by atoms with E-state index in [1.807, 2.05) is 47.0 Å². The molecule has 2 aromatic carbocycles. The number of anilines is 1. The van der Waals surface area contributed by atoms with Crippen LogP contribution in [0.4, 0.5) is 5.95 Å². The highest BCUT2D eigenvalue weighted by Crippen LogP contribution is 2.23. The van der Waals surface area contributed by atoms with Gasteiger partial charge in [0.25, 0.3) is 0 Å². The van der Waals surface area contributed by atoms with Gasteiger partial charge in [-0.2, -0.15) is 0 Å². The van der Waals surface area contributed by atoms with Crippen molar-refractivity contribution in [2.75, 3.05) is 12.3 Å². The number of ether oxygens (including phenoxy) is 1. The topological polar surface area (TPSA) is 66.0 Å². The lowest BCUT2D eigenvalue weighted by atomic mass is 10.2. The summed E-state index contributed by atoms with van der Waals surface area (Å²) in [6.07, 6.45) is 0.809. The van der Waals surface area contributed by atoms with Crippen molar-refractivity contribution < 1.29 is 4.74 Å². The van der Waals surface area contributed by atoms with E-state index in [2.05, 4.69) is 22.3 Å². The maximum atomic E-state index is 5.94. The SMILES string of the molecule is Nc1nnc(SCc2ccccc2)n1CCCOc1ccc(Cl)cc1. The fourth-order valence-corrected chi connectivity index (χ4v) is 3.34. The summed E-state index contributed by atoms with van der Waals surface area (Å²) in [4.78, 5) is 0. The molecule has 3 aromatic rings. The number of aromatic nitrogens is 3. The Morgan fingerprint density at radius 1 is 1.04 bits per heavy atom. The molecule has 0 aliphatic carbocycles. The summed E-state index contributed by atoms with van der Waals surface area (Å²) in [7, 11) is 0. The van der Waals surface area contributed by atoms with E-state index >= 15 is 0 Å². The van der Waals surface area contributed by atoms with Crippen molar-refractivity contribution in [1.82, 2.24) is 14.8 Å². The van der Waals surface area contributed by atoms with Crippen LogP contribution in [-0.4, -0.2) is 21.4 Å². The molecule has 1 aromatic heterocycles. The van der Waals surface area contributed by atoms with Crippen LogP contribution in [0.15, 0.2) is 59.8 Å². The lowest BCUT2D eigenvalue weighted by Gasteiger charge is -2.09. The maximum Gasteiger partial charge on any atom is 0.222 e. The summed E-state index contributed by atoms with van der Waals surface area (Å²) < 4.78 is 7.64. The minimum atomic E-state index is 0.432. The monoisotopic (exact) mass is 374 g/mol. The van der Waals surface area contributed by atoms with Crippen LogP contribution in [-0.2, 0) is 12.3 Å². The molecule has 0 bridgehead atoms. The Labute approximate surface area is 156 Å². The second-order valence-electron chi connectivity index (χ2n) is 5.42. The number of halogens is 1. The number of thioether (sulfide) groups is 1. The molecule has 0 unspecified atom stereocenters. The maximum absolute atomic E-state index is 5.94. The Morgan fingerprint density at radius 2 is 1.80 bits per heavy atom. The van der Waals surface area contributed by atoms with Crippen molar-refractivity contribution in [2.45, 2.75) is 23.9 Å². The summed E-state index contributed by atoms with van der Waals surface area (Å²) >= 11 is 7.49. The molecule has 5 nitrogen and oxygen atoms in total. The van der Waals surface area contributed by atoms with E-state index in [4.69, 9.17) is 22.1 Å². The van der Waals surface area contributed by atoms with Gasteiger partial charge >= 0.3 is 0 Å². The molecule has 130 valence electrons. The van der Waals surface area contributed by atoms with Crippen molar-refractivity contribution in [3.8, 4) is 5.75 Å². The van der Waals surface area contributed by atoms with Gasteiger partial charge in [-0.25, -0.2) is 0 Å².